The summed E-state index contributed by atoms with van der Waals surface area (Å²) in [5.41, 5.74) is 1.17. The molecule has 1 aromatic heterocycles. The molecule has 2 aromatic rings. The summed E-state index contributed by atoms with van der Waals surface area (Å²) in [6.07, 6.45) is 5.44. The number of imidazole rings is 1. The van der Waals surface area contributed by atoms with Crippen LogP contribution >= 0.6 is 0 Å². The van der Waals surface area contributed by atoms with Crippen molar-refractivity contribution in [3.05, 3.63) is 42.5 Å². The Morgan fingerprint density at radius 1 is 1.32 bits per heavy atom. The van der Waals surface area contributed by atoms with Gasteiger partial charge in [0, 0.05) is 18.9 Å². The summed E-state index contributed by atoms with van der Waals surface area (Å²) < 4.78 is 13.1. The molecule has 0 aliphatic heterocycles. The summed E-state index contributed by atoms with van der Waals surface area (Å²) in [4.78, 5) is 3.99. The van der Waals surface area contributed by atoms with Crippen molar-refractivity contribution >= 4 is 0 Å². The number of methoxy groups -OCH3 is 1. The Bertz CT molecular complexity index is 497. The van der Waals surface area contributed by atoms with E-state index in [2.05, 4.69) is 10.3 Å². The third-order valence-electron chi connectivity index (χ3n) is 2.78. The summed E-state index contributed by atoms with van der Waals surface area (Å²) in [5, 5.41) is 3.11. The van der Waals surface area contributed by atoms with Gasteiger partial charge in [-0.1, -0.05) is 6.07 Å². The van der Waals surface area contributed by atoms with Crippen molar-refractivity contribution in [1.29, 1.82) is 0 Å². The van der Waals surface area contributed by atoms with Gasteiger partial charge in [-0.15, -0.1) is 0 Å². The lowest BCUT2D eigenvalue weighted by atomic mass is 10.2. The average molecular weight is 261 g/mol. The molecule has 5 heteroatoms. The molecule has 0 radical (unpaired) electrons. The second kappa shape index (κ2) is 6.80. The van der Waals surface area contributed by atoms with Gasteiger partial charge in [0.05, 0.1) is 20.0 Å². The van der Waals surface area contributed by atoms with Crippen molar-refractivity contribution in [1.82, 2.24) is 14.9 Å². The standard InChI is InChI=1S/C14H19N3O2/c1-15-10-12-3-4-13(14(9-12)18-2)19-8-7-17-6-5-16-11-17/h3-6,9,11,15H,7-8,10H2,1-2H3. The number of hydrogen-bond donors (Lipinski definition) is 1. The first-order valence-electron chi connectivity index (χ1n) is 6.23. The zero-order valence-corrected chi connectivity index (χ0v) is 11.3. The number of benzene rings is 1. The van der Waals surface area contributed by atoms with Gasteiger partial charge in [0.25, 0.3) is 0 Å². The molecule has 1 heterocycles. The topological polar surface area (TPSA) is 48.3 Å². The largest absolute Gasteiger partial charge is 0.493 e. The molecule has 0 amide bonds. The summed E-state index contributed by atoms with van der Waals surface area (Å²) in [5.74, 6) is 1.53. The number of hydrogen-bond acceptors (Lipinski definition) is 4. The monoisotopic (exact) mass is 261 g/mol. The maximum absolute atomic E-state index is 5.74. The van der Waals surface area contributed by atoms with E-state index in [1.54, 1.807) is 19.6 Å². The molecule has 0 bridgehead atoms. The fourth-order valence-corrected chi connectivity index (χ4v) is 1.83. The van der Waals surface area contributed by atoms with E-state index in [-0.39, 0.29) is 0 Å². The Morgan fingerprint density at radius 2 is 2.21 bits per heavy atom. The van der Waals surface area contributed by atoms with E-state index in [0.717, 1.165) is 24.6 Å². The molecule has 0 aliphatic rings. The van der Waals surface area contributed by atoms with Crippen molar-refractivity contribution in [3.8, 4) is 11.5 Å². The van der Waals surface area contributed by atoms with Gasteiger partial charge in [0.2, 0.25) is 0 Å². The summed E-state index contributed by atoms with van der Waals surface area (Å²) in [7, 11) is 3.57. The Labute approximate surface area is 113 Å². The second-order valence-electron chi connectivity index (χ2n) is 4.16. The van der Waals surface area contributed by atoms with Crippen LogP contribution in [-0.4, -0.2) is 30.3 Å². The SMILES string of the molecule is CNCc1ccc(OCCn2ccnc2)c(OC)c1. The summed E-state index contributed by atoms with van der Waals surface area (Å²) in [6.45, 7) is 2.16. The normalized spacial score (nSPS) is 10.4. The van der Waals surface area contributed by atoms with Crippen LogP contribution in [0.1, 0.15) is 5.56 Å². The molecule has 0 unspecified atom stereocenters. The quantitative estimate of drug-likeness (QED) is 0.824. The van der Waals surface area contributed by atoms with E-state index in [0.29, 0.717) is 6.61 Å². The molecule has 2 rings (SSSR count). The molecule has 19 heavy (non-hydrogen) atoms. The Hall–Kier alpha value is -2.01. The molecule has 1 aromatic carbocycles. The van der Waals surface area contributed by atoms with Crippen LogP contribution in [0.25, 0.3) is 0 Å². The van der Waals surface area contributed by atoms with Gasteiger partial charge in [0.1, 0.15) is 6.61 Å². The molecule has 0 atom stereocenters. The lowest BCUT2D eigenvalue weighted by Crippen LogP contribution is -2.08. The van der Waals surface area contributed by atoms with Crippen molar-refractivity contribution in [2.24, 2.45) is 0 Å². The number of rotatable bonds is 7. The van der Waals surface area contributed by atoms with Gasteiger partial charge in [-0.2, -0.15) is 0 Å². The van der Waals surface area contributed by atoms with Crippen LogP contribution in [0.5, 0.6) is 11.5 Å². The van der Waals surface area contributed by atoms with E-state index in [1.165, 1.54) is 5.56 Å². The number of aromatic nitrogens is 2. The zero-order valence-electron chi connectivity index (χ0n) is 11.3. The maximum Gasteiger partial charge on any atom is 0.161 e. The molecule has 1 N–H and O–H groups in total. The number of ether oxygens (including phenoxy) is 2. The van der Waals surface area contributed by atoms with Gasteiger partial charge in [-0.25, -0.2) is 4.98 Å². The predicted octanol–water partition coefficient (Wildman–Crippen LogP) is 1.69. The zero-order chi connectivity index (χ0) is 13.5. The number of nitrogens with zero attached hydrogens (tertiary/aromatic N) is 2. The van der Waals surface area contributed by atoms with Crippen LogP contribution in [0.4, 0.5) is 0 Å². The fourth-order valence-electron chi connectivity index (χ4n) is 1.83. The lowest BCUT2D eigenvalue weighted by Gasteiger charge is -2.12. The first-order chi connectivity index (χ1) is 9.33. The third kappa shape index (κ3) is 3.72. The van der Waals surface area contributed by atoms with E-state index in [1.807, 2.05) is 36.0 Å². The molecular formula is C14H19N3O2. The second-order valence-corrected chi connectivity index (χ2v) is 4.16. The molecule has 0 aliphatic carbocycles. The van der Waals surface area contributed by atoms with Crippen LogP contribution in [0.15, 0.2) is 36.9 Å². The molecule has 0 saturated heterocycles. The van der Waals surface area contributed by atoms with Crippen LogP contribution in [-0.2, 0) is 13.1 Å². The Morgan fingerprint density at radius 3 is 2.89 bits per heavy atom. The first kappa shape index (κ1) is 13.4. The molecule has 0 spiro atoms. The van der Waals surface area contributed by atoms with Crippen LogP contribution < -0.4 is 14.8 Å². The molecular weight excluding hydrogens is 242 g/mol. The van der Waals surface area contributed by atoms with Gasteiger partial charge >= 0.3 is 0 Å². The average Bonchev–Trinajstić information content (AvgIpc) is 2.93. The highest BCUT2D eigenvalue weighted by molar-refractivity contribution is 5.42. The van der Waals surface area contributed by atoms with E-state index < -0.39 is 0 Å². The fraction of sp³-hybridized carbons (Fsp3) is 0.357. The van der Waals surface area contributed by atoms with Crippen molar-refractivity contribution in [3.63, 3.8) is 0 Å². The minimum atomic E-state index is 0.581. The molecule has 0 fully saturated rings. The highest BCUT2D eigenvalue weighted by Crippen LogP contribution is 2.28. The molecule has 5 nitrogen and oxygen atoms in total. The highest BCUT2D eigenvalue weighted by atomic mass is 16.5. The summed E-state index contributed by atoms with van der Waals surface area (Å²) in [6, 6.07) is 5.97. The van der Waals surface area contributed by atoms with Gasteiger partial charge in [0.15, 0.2) is 11.5 Å². The minimum absolute atomic E-state index is 0.581. The van der Waals surface area contributed by atoms with E-state index in [9.17, 15) is 0 Å². The van der Waals surface area contributed by atoms with Crippen molar-refractivity contribution in [2.45, 2.75) is 13.1 Å². The predicted molar refractivity (Wildman–Crippen MR) is 73.5 cm³/mol. The van der Waals surface area contributed by atoms with Crippen LogP contribution in [0.2, 0.25) is 0 Å². The number of nitrogens with one attached hydrogen (secondary N) is 1. The van der Waals surface area contributed by atoms with Gasteiger partial charge in [-0.3, -0.25) is 0 Å². The minimum Gasteiger partial charge on any atom is -0.493 e. The lowest BCUT2D eigenvalue weighted by molar-refractivity contribution is 0.279. The van der Waals surface area contributed by atoms with E-state index >= 15 is 0 Å². The first-order valence-corrected chi connectivity index (χ1v) is 6.23. The molecule has 102 valence electrons. The van der Waals surface area contributed by atoms with E-state index in [4.69, 9.17) is 9.47 Å². The van der Waals surface area contributed by atoms with Crippen molar-refractivity contribution in [2.75, 3.05) is 20.8 Å². The maximum atomic E-state index is 5.74. The van der Waals surface area contributed by atoms with Crippen LogP contribution in [0.3, 0.4) is 0 Å². The smallest absolute Gasteiger partial charge is 0.161 e. The molecule has 0 saturated carbocycles. The Balaban J connectivity index is 1.95. The van der Waals surface area contributed by atoms with Gasteiger partial charge in [-0.05, 0) is 24.7 Å². The van der Waals surface area contributed by atoms with Crippen molar-refractivity contribution < 1.29 is 9.47 Å². The third-order valence-corrected chi connectivity index (χ3v) is 2.78. The highest BCUT2D eigenvalue weighted by Gasteiger charge is 2.05. The summed E-state index contributed by atoms with van der Waals surface area (Å²) >= 11 is 0. The Kier molecular flexibility index (Phi) is 4.80. The van der Waals surface area contributed by atoms with Crippen LogP contribution in [0, 0.1) is 0 Å². The van der Waals surface area contributed by atoms with Gasteiger partial charge < -0.3 is 19.4 Å².